The molecule has 0 saturated heterocycles. The Morgan fingerprint density at radius 1 is 1.14 bits per heavy atom. The lowest BCUT2D eigenvalue weighted by Gasteiger charge is -2.27. The molecule has 1 atom stereocenters. The van der Waals surface area contributed by atoms with Crippen LogP contribution in [0.1, 0.15) is 40.9 Å². The minimum absolute atomic E-state index is 0.114. The third kappa shape index (κ3) is 5.12. The van der Waals surface area contributed by atoms with E-state index in [0.29, 0.717) is 17.0 Å². The molecule has 1 aliphatic rings. The Morgan fingerprint density at radius 2 is 1.95 bits per heavy atom. The van der Waals surface area contributed by atoms with Crippen molar-refractivity contribution in [2.75, 3.05) is 19.3 Å². The van der Waals surface area contributed by atoms with E-state index in [4.69, 9.17) is 10.5 Å². The van der Waals surface area contributed by atoms with Crippen molar-refractivity contribution in [3.05, 3.63) is 77.0 Å². The molecular weight excluding hydrogens is 483 g/mol. The minimum Gasteiger partial charge on any atom is -0.433 e. The van der Waals surface area contributed by atoms with Gasteiger partial charge in [0.25, 0.3) is 5.88 Å². The number of rotatable bonds is 5. The average molecular weight is 510 g/mol. The molecule has 5 rings (SSSR count). The zero-order chi connectivity index (χ0) is 26.3. The Balaban J connectivity index is 1.39. The summed E-state index contributed by atoms with van der Waals surface area (Å²) in [5.74, 6) is 0.571. The van der Waals surface area contributed by atoms with Gasteiger partial charge in [-0.25, -0.2) is 9.97 Å². The summed E-state index contributed by atoms with van der Waals surface area (Å²) in [6.07, 6.45) is 2.27. The third-order valence-corrected chi connectivity index (χ3v) is 6.56. The number of pyridine rings is 1. The zero-order valence-electron chi connectivity index (χ0n) is 20.6. The fourth-order valence-electron chi connectivity index (χ4n) is 4.52. The molecule has 0 fully saturated rings. The summed E-state index contributed by atoms with van der Waals surface area (Å²) in [7, 11) is 2.10. The number of halogens is 3. The highest BCUT2D eigenvalue weighted by atomic mass is 19.4. The molecular formula is C26H26F3N7O. The quantitative estimate of drug-likeness (QED) is 0.403. The zero-order valence-corrected chi connectivity index (χ0v) is 20.6. The predicted octanol–water partition coefficient (Wildman–Crippen LogP) is 5.03. The number of benzene rings is 1. The van der Waals surface area contributed by atoms with Gasteiger partial charge in [0.1, 0.15) is 5.69 Å². The molecule has 2 N–H and O–H groups in total. The Hall–Kier alpha value is -3.99. The summed E-state index contributed by atoms with van der Waals surface area (Å²) >= 11 is 0. The van der Waals surface area contributed by atoms with Crippen LogP contribution in [0.25, 0.3) is 11.3 Å². The van der Waals surface area contributed by atoms with E-state index in [-0.39, 0.29) is 11.7 Å². The van der Waals surface area contributed by atoms with Gasteiger partial charge in [-0.2, -0.15) is 18.3 Å². The number of aromatic nitrogens is 5. The normalized spacial score (nSPS) is 14.9. The van der Waals surface area contributed by atoms with E-state index >= 15 is 0 Å². The van der Waals surface area contributed by atoms with E-state index < -0.39 is 17.9 Å². The summed E-state index contributed by atoms with van der Waals surface area (Å²) in [4.78, 5) is 14.6. The van der Waals surface area contributed by atoms with Gasteiger partial charge in [-0.3, -0.25) is 9.67 Å². The minimum atomic E-state index is -4.53. The van der Waals surface area contributed by atoms with Gasteiger partial charge >= 0.3 is 6.18 Å². The SMILES string of the molecule is Cc1cc(-c2cnc(N)c(Oc3cnn(C(C)c4ccnc(C(F)(F)F)c4)c3)n2)cc2c1CCN(C)C2. The fourth-order valence-corrected chi connectivity index (χ4v) is 4.52. The first-order chi connectivity index (χ1) is 17.6. The van der Waals surface area contributed by atoms with E-state index in [2.05, 4.69) is 51.1 Å². The molecule has 0 bridgehead atoms. The van der Waals surface area contributed by atoms with Crippen LogP contribution in [0.3, 0.4) is 0 Å². The highest BCUT2D eigenvalue weighted by Crippen LogP contribution is 2.32. The molecule has 11 heteroatoms. The van der Waals surface area contributed by atoms with Crippen molar-refractivity contribution in [1.82, 2.24) is 29.6 Å². The molecule has 1 aliphatic heterocycles. The Bertz CT molecular complexity index is 1450. The molecule has 0 aliphatic carbocycles. The van der Waals surface area contributed by atoms with Crippen LogP contribution in [0.2, 0.25) is 0 Å². The second kappa shape index (κ2) is 9.47. The molecule has 0 saturated carbocycles. The first-order valence-corrected chi connectivity index (χ1v) is 11.8. The fraction of sp³-hybridized carbons (Fsp3) is 0.308. The third-order valence-electron chi connectivity index (χ3n) is 6.56. The van der Waals surface area contributed by atoms with Crippen LogP contribution >= 0.6 is 0 Å². The summed E-state index contributed by atoms with van der Waals surface area (Å²) in [6.45, 7) is 5.74. The Kier molecular flexibility index (Phi) is 6.32. The number of nitrogen functional groups attached to an aromatic ring is 1. The van der Waals surface area contributed by atoms with Gasteiger partial charge in [0.05, 0.1) is 30.3 Å². The lowest BCUT2D eigenvalue weighted by Crippen LogP contribution is -2.27. The number of nitrogens with two attached hydrogens (primary N) is 1. The Labute approximate surface area is 211 Å². The van der Waals surface area contributed by atoms with Gasteiger partial charge in [-0.15, -0.1) is 0 Å². The van der Waals surface area contributed by atoms with Crippen molar-refractivity contribution in [2.24, 2.45) is 0 Å². The van der Waals surface area contributed by atoms with Gasteiger partial charge in [0, 0.05) is 24.8 Å². The monoisotopic (exact) mass is 509 g/mol. The van der Waals surface area contributed by atoms with Gasteiger partial charge in [-0.05, 0) is 73.8 Å². The number of fused-ring (bicyclic) bond motifs is 1. The van der Waals surface area contributed by atoms with Gasteiger partial charge in [0.15, 0.2) is 11.6 Å². The molecule has 8 nitrogen and oxygen atoms in total. The maximum absolute atomic E-state index is 13.1. The molecule has 1 aromatic carbocycles. The van der Waals surface area contributed by atoms with Crippen LogP contribution in [-0.2, 0) is 19.1 Å². The van der Waals surface area contributed by atoms with Crippen molar-refractivity contribution < 1.29 is 17.9 Å². The molecule has 0 spiro atoms. The van der Waals surface area contributed by atoms with Gasteiger partial charge in [0.2, 0.25) is 0 Å². The van der Waals surface area contributed by atoms with E-state index in [0.717, 1.165) is 37.3 Å². The van der Waals surface area contributed by atoms with Crippen molar-refractivity contribution in [3.8, 4) is 22.9 Å². The number of aryl methyl sites for hydroxylation is 1. The largest absolute Gasteiger partial charge is 0.433 e. The van der Waals surface area contributed by atoms with E-state index in [1.54, 1.807) is 19.3 Å². The standard InChI is InChI=1S/C26H26F3N7O/c1-15-8-18(9-19-13-35(3)7-5-21(15)19)22-12-32-24(30)25(34-22)37-20-11-33-36(14-20)16(2)17-4-6-31-23(10-17)26(27,28)29/h4,6,8-12,14,16H,5,7,13H2,1-3H3,(H2,30,32). The van der Waals surface area contributed by atoms with Crippen molar-refractivity contribution in [3.63, 3.8) is 0 Å². The summed E-state index contributed by atoms with van der Waals surface area (Å²) in [5.41, 5.74) is 10.9. The number of likely N-dealkylation sites (N-methyl/N-ethyl adjacent to an activating group) is 1. The van der Waals surface area contributed by atoms with Gasteiger partial charge < -0.3 is 15.4 Å². The predicted molar refractivity (Wildman–Crippen MR) is 132 cm³/mol. The highest BCUT2D eigenvalue weighted by Gasteiger charge is 2.33. The van der Waals surface area contributed by atoms with Crippen LogP contribution in [0, 0.1) is 6.92 Å². The molecule has 37 heavy (non-hydrogen) atoms. The van der Waals surface area contributed by atoms with Crippen molar-refractivity contribution in [2.45, 2.75) is 39.0 Å². The number of hydrogen-bond donors (Lipinski definition) is 1. The van der Waals surface area contributed by atoms with Gasteiger partial charge in [-0.1, -0.05) is 0 Å². The number of hydrogen-bond acceptors (Lipinski definition) is 7. The van der Waals surface area contributed by atoms with Crippen LogP contribution in [0.15, 0.2) is 49.1 Å². The molecule has 192 valence electrons. The number of alkyl halides is 3. The van der Waals surface area contributed by atoms with Crippen LogP contribution in [0.5, 0.6) is 11.6 Å². The van der Waals surface area contributed by atoms with E-state index in [1.807, 2.05) is 0 Å². The summed E-state index contributed by atoms with van der Waals surface area (Å²) in [5, 5.41) is 4.25. The maximum atomic E-state index is 13.1. The maximum Gasteiger partial charge on any atom is 0.433 e. The lowest BCUT2D eigenvalue weighted by molar-refractivity contribution is -0.141. The first kappa shape index (κ1) is 24.7. The highest BCUT2D eigenvalue weighted by molar-refractivity contribution is 5.64. The van der Waals surface area contributed by atoms with Crippen LogP contribution in [0.4, 0.5) is 19.0 Å². The van der Waals surface area contributed by atoms with Crippen molar-refractivity contribution in [1.29, 1.82) is 0 Å². The van der Waals surface area contributed by atoms with Crippen molar-refractivity contribution >= 4 is 5.82 Å². The van der Waals surface area contributed by atoms with E-state index in [1.165, 1.54) is 33.6 Å². The average Bonchev–Trinajstić information content (AvgIpc) is 3.32. The molecule has 4 heterocycles. The van der Waals surface area contributed by atoms with Crippen LogP contribution < -0.4 is 10.5 Å². The molecule has 3 aromatic heterocycles. The smallest absolute Gasteiger partial charge is 0.433 e. The summed E-state index contributed by atoms with van der Waals surface area (Å²) in [6, 6.07) is 6.27. The lowest BCUT2D eigenvalue weighted by atomic mass is 9.92. The molecule has 1 unspecified atom stereocenters. The molecule has 0 amide bonds. The van der Waals surface area contributed by atoms with E-state index in [9.17, 15) is 13.2 Å². The molecule has 0 radical (unpaired) electrons. The second-order valence-corrected chi connectivity index (χ2v) is 9.27. The first-order valence-electron chi connectivity index (χ1n) is 11.8. The topological polar surface area (TPSA) is 95.0 Å². The van der Waals surface area contributed by atoms with Crippen LogP contribution in [-0.4, -0.2) is 43.2 Å². The Morgan fingerprint density at radius 3 is 2.73 bits per heavy atom. The number of nitrogens with zero attached hydrogens (tertiary/aromatic N) is 6. The number of anilines is 1. The molecule has 4 aromatic rings. The summed E-state index contributed by atoms with van der Waals surface area (Å²) < 4.78 is 46.6. The second-order valence-electron chi connectivity index (χ2n) is 9.27. The number of ether oxygens (including phenoxy) is 1.